The fourth-order valence-electron chi connectivity index (χ4n) is 3.47. The van der Waals surface area contributed by atoms with Crippen LogP contribution in [0.3, 0.4) is 0 Å². The first-order valence-electron chi connectivity index (χ1n) is 9.89. The van der Waals surface area contributed by atoms with Gasteiger partial charge >= 0.3 is 12.6 Å². The van der Waals surface area contributed by atoms with Crippen molar-refractivity contribution in [2.24, 2.45) is 0 Å². The highest BCUT2D eigenvalue weighted by Gasteiger charge is 2.21. The molecule has 0 bridgehead atoms. The minimum atomic E-state index is -2.96. The van der Waals surface area contributed by atoms with Crippen LogP contribution in [0.5, 0.6) is 11.5 Å². The minimum absolute atomic E-state index is 0.0447. The number of nitrogens with one attached hydrogen (secondary N) is 2. The van der Waals surface area contributed by atoms with Gasteiger partial charge in [0.15, 0.2) is 11.5 Å². The molecule has 31 heavy (non-hydrogen) atoms. The molecule has 2 N–H and O–H groups in total. The molecule has 164 valence electrons. The van der Waals surface area contributed by atoms with Crippen LogP contribution >= 0.6 is 0 Å². The molecule has 1 heterocycles. The molecule has 1 aliphatic heterocycles. The van der Waals surface area contributed by atoms with E-state index in [9.17, 15) is 13.6 Å². The van der Waals surface area contributed by atoms with Gasteiger partial charge in [0.2, 0.25) is 0 Å². The Hall–Kier alpha value is -3.54. The van der Waals surface area contributed by atoms with Gasteiger partial charge < -0.3 is 25.0 Å². The van der Waals surface area contributed by atoms with Gasteiger partial charge in [0.1, 0.15) is 0 Å². The van der Waals surface area contributed by atoms with E-state index in [1.54, 1.807) is 18.2 Å². The summed E-state index contributed by atoms with van der Waals surface area (Å²) >= 11 is 0. The third-order valence-electron chi connectivity index (χ3n) is 5.09. The van der Waals surface area contributed by atoms with Crippen molar-refractivity contribution >= 4 is 11.7 Å². The van der Waals surface area contributed by atoms with Crippen molar-refractivity contribution < 1.29 is 23.0 Å². The molecule has 1 fully saturated rings. The van der Waals surface area contributed by atoms with Gasteiger partial charge in [-0.2, -0.15) is 14.0 Å². The highest BCUT2D eigenvalue weighted by atomic mass is 19.3. The number of nitriles is 1. The molecule has 2 aromatic carbocycles. The van der Waals surface area contributed by atoms with E-state index in [1.807, 2.05) is 12.1 Å². The number of hydrogen-bond acceptors (Lipinski definition) is 5. The third kappa shape index (κ3) is 6.22. The van der Waals surface area contributed by atoms with Gasteiger partial charge in [0.25, 0.3) is 0 Å². The molecular weight excluding hydrogens is 406 g/mol. The number of piperidine rings is 1. The molecule has 9 heteroatoms. The van der Waals surface area contributed by atoms with Gasteiger partial charge in [-0.05, 0) is 54.8 Å². The summed E-state index contributed by atoms with van der Waals surface area (Å²) in [5.74, 6) is 0.120. The van der Waals surface area contributed by atoms with Crippen molar-refractivity contribution in [2.75, 3.05) is 25.1 Å². The first-order valence-corrected chi connectivity index (χ1v) is 9.89. The lowest BCUT2D eigenvalue weighted by Crippen LogP contribution is -2.47. The summed E-state index contributed by atoms with van der Waals surface area (Å²) in [7, 11) is 1.37. The summed E-state index contributed by atoms with van der Waals surface area (Å²) in [5.41, 5.74) is 2.30. The molecule has 0 radical (unpaired) electrons. The van der Waals surface area contributed by atoms with Crippen LogP contribution in [0.15, 0.2) is 42.5 Å². The molecule has 1 aliphatic rings. The van der Waals surface area contributed by atoms with Crippen molar-refractivity contribution in [3.8, 4) is 17.6 Å². The average molecular weight is 430 g/mol. The molecule has 2 amide bonds. The number of rotatable bonds is 7. The quantitative estimate of drug-likeness (QED) is 0.701. The number of hydrogen-bond donors (Lipinski definition) is 2. The fourth-order valence-corrected chi connectivity index (χ4v) is 3.47. The van der Waals surface area contributed by atoms with E-state index in [-0.39, 0.29) is 30.1 Å². The highest BCUT2D eigenvalue weighted by Crippen LogP contribution is 2.29. The van der Waals surface area contributed by atoms with Gasteiger partial charge in [0.05, 0.1) is 18.7 Å². The van der Waals surface area contributed by atoms with Crippen molar-refractivity contribution in [1.82, 2.24) is 10.6 Å². The minimum Gasteiger partial charge on any atom is -0.493 e. The van der Waals surface area contributed by atoms with E-state index in [1.165, 1.54) is 19.2 Å². The first kappa shape index (κ1) is 22.2. The van der Waals surface area contributed by atoms with Gasteiger partial charge in [-0.15, -0.1) is 0 Å². The predicted molar refractivity (Wildman–Crippen MR) is 111 cm³/mol. The standard InChI is InChI=1S/C22H24F2N4O3/c1-30-19-7-4-16(12-20(19)31-21(23)24)14-26-22(29)27-17-8-10-28(11-9-17)18-5-2-15(13-25)3-6-18/h2-7,12,17,21H,8-11,14H2,1H3,(H2,26,27,29). The number of carbonyl (C=O) groups is 1. The van der Waals surface area contributed by atoms with Crippen LogP contribution in [0.25, 0.3) is 0 Å². The Morgan fingerprint density at radius 3 is 2.52 bits per heavy atom. The van der Waals surface area contributed by atoms with Crippen molar-refractivity contribution in [3.63, 3.8) is 0 Å². The maximum Gasteiger partial charge on any atom is 0.387 e. The SMILES string of the molecule is COc1ccc(CNC(=O)NC2CCN(c3ccc(C#N)cc3)CC2)cc1OC(F)F. The Kier molecular flexibility index (Phi) is 7.49. The Morgan fingerprint density at radius 1 is 1.19 bits per heavy atom. The Labute approximate surface area is 179 Å². The molecule has 0 saturated carbocycles. The Morgan fingerprint density at radius 2 is 1.90 bits per heavy atom. The zero-order valence-electron chi connectivity index (χ0n) is 17.1. The van der Waals surface area contributed by atoms with Gasteiger partial charge in [-0.1, -0.05) is 6.07 Å². The lowest BCUT2D eigenvalue weighted by atomic mass is 10.0. The third-order valence-corrected chi connectivity index (χ3v) is 5.09. The molecule has 0 unspecified atom stereocenters. The Bertz CT molecular complexity index is 923. The highest BCUT2D eigenvalue weighted by molar-refractivity contribution is 5.74. The molecule has 0 aromatic heterocycles. The number of halogens is 2. The van der Waals surface area contributed by atoms with Crippen LogP contribution in [0.4, 0.5) is 19.3 Å². The molecule has 7 nitrogen and oxygen atoms in total. The summed E-state index contributed by atoms with van der Waals surface area (Å²) in [6, 6.07) is 13.9. The summed E-state index contributed by atoms with van der Waals surface area (Å²) in [5, 5.41) is 14.6. The van der Waals surface area contributed by atoms with E-state index in [2.05, 4.69) is 26.3 Å². The number of nitrogens with zero attached hydrogens (tertiary/aromatic N) is 2. The molecule has 1 saturated heterocycles. The second-order valence-electron chi connectivity index (χ2n) is 7.11. The fraction of sp³-hybridized carbons (Fsp3) is 0.364. The maximum absolute atomic E-state index is 12.5. The lowest BCUT2D eigenvalue weighted by molar-refractivity contribution is -0.0512. The smallest absolute Gasteiger partial charge is 0.387 e. The van der Waals surface area contributed by atoms with E-state index in [4.69, 9.17) is 10.00 Å². The van der Waals surface area contributed by atoms with E-state index < -0.39 is 6.61 Å². The topological polar surface area (TPSA) is 86.6 Å². The zero-order chi connectivity index (χ0) is 22.2. The molecule has 0 spiro atoms. The van der Waals surface area contributed by atoms with Crippen LogP contribution in [0, 0.1) is 11.3 Å². The molecule has 0 atom stereocenters. The number of anilines is 1. The average Bonchev–Trinajstić information content (AvgIpc) is 2.78. The van der Waals surface area contributed by atoms with Crippen molar-refractivity contribution in [1.29, 1.82) is 5.26 Å². The summed E-state index contributed by atoms with van der Waals surface area (Å²) in [6.07, 6.45) is 1.59. The second-order valence-corrected chi connectivity index (χ2v) is 7.11. The number of amides is 2. The number of carbonyl (C=O) groups excluding carboxylic acids is 1. The van der Waals surface area contributed by atoms with Crippen LogP contribution in [-0.4, -0.2) is 38.9 Å². The summed E-state index contributed by atoms with van der Waals surface area (Å²) in [4.78, 5) is 14.5. The van der Waals surface area contributed by atoms with Gasteiger partial charge in [-0.3, -0.25) is 0 Å². The lowest BCUT2D eigenvalue weighted by Gasteiger charge is -2.34. The number of benzene rings is 2. The maximum atomic E-state index is 12.5. The molecule has 0 aliphatic carbocycles. The summed E-state index contributed by atoms with van der Waals surface area (Å²) in [6.45, 7) is -1.21. The van der Waals surface area contributed by atoms with E-state index in [0.29, 0.717) is 11.1 Å². The summed E-state index contributed by atoms with van der Waals surface area (Å²) < 4.78 is 34.5. The zero-order valence-corrected chi connectivity index (χ0v) is 17.1. The monoisotopic (exact) mass is 430 g/mol. The van der Waals surface area contributed by atoms with Crippen LogP contribution in [0.2, 0.25) is 0 Å². The van der Waals surface area contributed by atoms with E-state index >= 15 is 0 Å². The number of ether oxygens (including phenoxy) is 2. The number of urea groups is 1. The normalized spacial score (nSPS) is 14.1. The predicted octanol–water partition coefficient (Wildman–Crippen LogP) is 3.64. The van der Waals surface area contributed by atoms with Crippen LogP contribution < -0.4 is 25.0 Å². The van der Waals surface area contributed by atoms with Crippen LogP contribution in [-0.2, 0) is 6.54 Å². The first-order chi connectivity index (χ1) is 15.0. The molecule has 2 aromatic rings. The second kappa shape index (κ2) is 10.5. The molecule has 3 rings (SSSR count). The van der Waals surface area contributed by atoms with Crippen LogP contribution in [0.1, 0.15) is 24.0 Å². The Balaban J connectivity index is 1.46. The number of methoxy groups -OCH3 is 1. The molecular formula is C22H24F2N4O3. The van der Waals surface area contributed by atoms with Crippen molar-refractivity contribution in [2.45, 2.75) is 32.0 Å². The number of alkyl halides is 2. The largest absolute Gasteiger partial charge is 0.493 e. The van der Waals surface area contributed by atoms with Gasteiger partial charge in [-0.25, -0.2) is 4.79 Å². The van der Waals surface area contributed by atoms with Gasteiger partial charge in [0, 0.05) is 31.4 Å². The van der Waals surface area contributed by atoms with Crippen molar-refractivity contribution in [3.05, 3.63) is 53.6 Å². The van der Waals surface area contributed by atoms with E-state index in [0.717, 1.165) is 31.6 Å².